The number of anilines is 2. The second-order valence-electron chi connectivity index (χ2n) is 7.26. The predicted octanol–water partition coefficient (Wildman–Crippen LogP) is 4.58. The highest BCUT2D eigenvalue weighted by molar-refractivity contribution is 5.53. The summed E-state index contributed by atoms with van der Waals surface area (Å²) in [5, 5.41) is 3.28. The minimum atomic E-state index is 0.622. The van der Waals surface area contributed by atoms with Crippen LogP contribution in [0.5, 0.6) is 11.5 Å². The van der Waals surface area contributed by atoms with E-state index in [0.29, 0.717) is 19.2 Å². The molecule has 2 aromatic carbocycles. The van der Waals surface area contributed by atoms with E-state index in [1.807, 2.05) is 56.4 Å². The molecule has 30 heavy (non-hydrogen) atoms. The van der Waals surface area contributed by atoms with Crippen LogP contribution in [-0.4, -0.2) is 34.6 Å². The third-order valence-corrected chi connectivity index (χ3v) is 5.06. The number of nitrogens with zero attached hydrogens (tertiary/aromatic N) is 3. The molecule has 0 radical (unpaired) electrons. The van der Waals surface area contributed by atoms with E-state index >= 15 is 0 Å². The molecule has 0 spiro atoms. The van der Waals surface area contributed by atoms with Crippen LogP contribution in [0.1, 0.15) is 30.7 Å². The molecule has 1 aliphatic rings. The van der Waals surface area contributed by atoms with Gasteiger partial charge < -0.3 is 14.8 Å². The first-order chi connectivity index (χ1) is 14.7. The fourth-order valence-electron chi connectivity index (χ4n) is 3.67. The van der Waals surface area contributed by atoms with Crippen LogP contribution in [0.2, 0.25) is 0 Å². The van der Waals surface area contributed by atoms with E-state index in [-0.39, 0.29) is 0 Å². The number of fused-ring (bicyclic) bond motifs is 1. The number of hydrogen-bond donors (Lipinski definition) is 1. The first-order valence-electron chi connectivity index (χ1n) is 10.5. The number of ether oxygens (including phenoxy) is 2. The zero-order valence-electron chi connectivity index (χ0n) is 17.6. The van der Waals surface area contributed by atoms with E-state index in [0.717, 1.165) is 48.9 Å². The molecule has 1 N–H and O–H groups in total. The zero-order valence-corrected chi connectivity index (χ0v) is 17.6. The lowest BCUT2D eigenvalue weighted by Crippen LogP contribution is -2.31. The van der Waals surface area contributed by atoms with E-state index < -0.39 is 0 Å². The summed E-state index contributed by atoms with van der Waals surface area (Å²) < 4.78 is 11.4. The Kier molecular flexibility index (Phi) is 6.44. The van der Waals surface area contributed by atoms with Crippen molar-refractivity contribution in [3.05, 3.63) is 71.5 Å². The fraction of sp³-hybridized carbons (Fsp3) is 0.333. The van der Waals surface area contributed by atoms with Crippen molar-refractivity contribution in [2.24, 2.45) is 0 Å². The van der Waals surface area contributed by atoms with Crippen LogP contribution in [0, 0.1) is 0 Å². The summed E-state index contributed by atoms with van der Waals surface area (Å²) in [6, 6.07) is 16.2. The van der Waals surface area contributed by atoms with Gasteiger partial charge in [-0.05, 0) is 43.7 Å². The molecule has 0 aliphatic carbocycles. The third kappa shape index (κ3) is 4.89. The molecule has 0 fully saturated rings. The monoisotopic (exact) mass is 404 g/mol. The number of benzene rings is 2. The lowest BCUT2D eigenvalue weighted by molar-refractivity contribution is 0.241. The van der Waals surface area contributed by atoms with Crippen LogP contribution in [-0.2, 0) is 19.5 Å². The molecular formula is C24H28N4O2. The van der Waals surface area contributed by atoms with Crippen molar-refractivity contribution >= 4 is 11.6 Å². The molecule has 0 saturated heterocycles. The summed E-state index contributed by atoms with van der Waals surface area (Å²) in [5.41, 5.74) is 4.53. The Bertz CT molecular complexity index is 978. The van der Waals surface area contributed by atoms with Gasteiger partial charge in [0, 0.05) is 43.5 Å². The van der Waals surface area contributed by atoms with Gasteiger partial charge in [0.25, 0.3) is 0 Å². The first-order valence-corrected chi connectivity index (χ1v) is 10.5. The van der Waals surface area contributed by atoms with Crippen molar-refractivity contribution in [3.8, 4) is 11.5 Å². The maximum absolute atomic E-state index is 5.77. The molecule has 1 aromatic heterocycles. The standard InChI is InChI=1S/C24H28N4O2/c1-3-29-22-11-10-18(14-23(22)30-4-2)16-28-13-12-21-19(17-28)15-25-24(27-21)26-20-8-6-5-7-9-20/h5-11,14-15H,3-4,12-13,16-17H2,1-2H3,(H,25,26,27). The van der Waals surface area contributed by atoms with Gasteiger partial charge in [0.2, 0.25) is 5.95 Å². The Morgan fingerprint density at radius 1 is 1.00 bits per heavy atom. The van der Waals surface area contributed by atoms with Gasteiger partial charge in [-0.15, -0.1) is 0 Å². The summed E-state index contributed by atoms with van der Waals surface area (Å²) in [6.07, 6.45) is 2.86. The van der Waals surface area contributed by atoms with Gasteiger partial charge in [-0.2, -0.15) is 0 Å². The Morgan fingerprint density at radius 3 is 2.60 bits per heavy atom. The van der Waals surface area contributed by atoms with Crippen molar-refractivity contribution < 1.29 is 9.47 Å². The van der Waals surface area contributed by atoms with Crippen LogP contribution in [0.4, 0.5) is 11.6 Å². The van der Waals surface area contributed by atoms with Crippen molar-refractivity contribution in [1.29, 1.82) is 0 Å². The molecule has 6 nitrogen and oxygen atoms in total. The Morgan fingerprint density at radius 2 is 1.80 bits per heavy atom. The number of para-hydroxylation sites is 1. The highest BCUT2D eigenvalue weighted by atomic mass is 16.5. The largest absolute Gasteiger partial charge is 0.490 e. The average Bonchev–Trinajstić information content (AvgIpc) is 2.77. The summed E-state index contributed by atoms with van der Waals surface area (Å²) >= 11 is 0. The van der Waals surface area contributed by atoms with Crippen LogP contribution in [0.3, 0.4) is 0 Å². The zero-order chi connectivity index (χ0) is 20.8. The molecule has 4 rings (SSSR count). The fourth-order valence-corrected chi connectivity index (χ4v) is 3.67. The van der Waals surface area contributed by atoms with Crippen LogP contribution in [0.15, 0.2) is 54.7 Å². The minimum Gasteiger partial charge on any atom is -0.490 e. The normalized spacial score (nSPS) is 13.5. The van der Waals surface area contributed by atoms with Gasteiger partial charge >= 0.3 is 0 Å². The highest BCUT2D eigenvalue weighted by Gasteiger charge is 2.19. The molecule has 156 valence electrons. The number of aromatic nitrogens is 2. The molecule has 2 heterocycles. The maximum Gasteiger partial charge on any atom is 0.227 e. The summed E-state index contributed by atoms with van der Waals surface area (Å²) in [7, 11) is 0. The predicted molar refractivity (Wildman–Crippen MR) is 118 cm³/mol. The topological polar surface area (TPSA) is 59.5 Å². The van der Waals surface area contributed by atoms with E-state index in [1.54, 1.807) is 0 Å². The van der Waals surface area contributed by atoms with Gasteiger partial charge in [-0.25, -0.2) is 9.97 Å². The Hall–Kier alpha value is -3.12. The quantitative estimate of drug-likeness (QED) is 0.593. The Balaban J connectivity index is 1.42. The smallest absolute Gasteiger partial charge is 0.227 e. The van der Waals surface area contributed by atoms with Crippen LogP contribution >= 0.6 is 0 Å². The summed E-state index contributed by atoms with van der Waals surface area (Å²) in [5.74, 6) is 2.27. The molecule has 0 bridgehead atoms. The molecule has 0 amide bonds. The maximum atomic E-state index is 5.77. The number of nitrogens with one attached hydrogen (secondary N) is 1. The first kappa shape index (κ1) is 20.2. The van der Waals surface area contributed by atoms with Crippen molar-refractivity contribution in [2.75, 3.05) is 25.1 Å². The van der Waals surface area contributed by atoms with Crippen molar-refractivity contribution in [2.45, 2.75) is 33.4 Å². The van der Waals surface area contributed by atoms with E-state index in [9.17, 15) is 0 Å². The molecule has 0 unspecified atom stereocenters. The molecule has 6 heteroatoms. The summed E-state index contributed by atoms with van der Waals surface area (Å²) in [6.45, 7) is 7.89. The van der Waals surface area contributed by atoms with Gasteiger partial charge in [-0.3, -0.25) is 4.90 Å². The Labute approximate surface area is 177 Å². The third-order valence-electron chi connectivity index (χ3n) is 5.06. The molecule has 3 aromatic rings. The van der Waals surface area contributed by atoms with Gasteiger partial charge in [0.05, 0.1) is 18.9 Å². The average molecular weight is 405 g/mol. The lowest BCUT2D eigenvalue weighted by atomic mass is 10.1. The molecular weight excluding hydrogens is 376 g/mol. The number of hydrogen-bond acceptors (Lipinski definition) is 6. The molecule has 0 atom stereocenters. The van der Waals surface area contributed by atoms with Gasteiger partial charge in [0.15, 0.2) is 11.5 Å². The van der Waals surface area contributed by atoms with Crippen LogP contribution < -0.4 is 14.8 Å². The van der Waals surface area contributed by atoms with E-state index in [2.05, 4.69) is 27.3 Å². The summed E-state index contributed by atoms with van der Waals surface area (Å²) in [4.78, 5) is 11.7. The SMILES string of the molecule is CCOc1ccc(CN2CCc3nc(Nc4ccccc4)ncc3C2)cc1OCC. The number of rotatable bonds is 8. The van der Waals surface area contributed by atoms with Crippen molar-refractivity contribution in [1.82, 2.24) is 14.9 Å². The second kappa shape index (κ2) is 9.59. The van der Waals surface area contributed by atoms with Gasteiger partial charge in [0.1, 0.15) is 0 Å². The highest BCUT2D eigenvalue weighted by Crippen LogP contribution is 2.30. The van der Waals surface area contributed by atoms with Gasteiger partial charge in [-0.1, -0.05) is 24.3 Å². The van der Waals surface area contributed by atoms with E-state index in [1.165, 1.54) is 11.1 Å². The van der Waals surface area contributed by atoms with Crippen molar-refractivity contribution in [3.63, 3.8) is 0 Å². The van der Waals surface area contributed by atoms with E-state index in [4.69, 9.17) is 14.5 Å². The second-order valence-corrected chi connectivity index (χ2v) is 7.26. The minimum absolute atomic E-state index is 0.622. The van der Waals surface area contributed by atoms with Crippen LogP contribution in [0.25, 0.3) is 0 Å². The molecule has 1 aliphatic heterocycles. The lowest BCUT2D eigenvalue weighted by Gasteiger charge is -2.28. The molecule has 0 saturated carbocycles.